The van der Waals surface area contributed by atoms with Crippen molar-refractivity contribution in [2.45, 2.75) is 70.8 Å². The van der Waals surface area contributed by atoms with Crippen LogP contribution in [0, 0.1) is 0 Å². The highest BCUT2D eigenvalue weighted by Crippen LogP contribution is 2.20. The molecule has 2 N–H and O–H groups in total. The number of nitrogens with zero attached hydrogens (tertiary/aromatic N) is 2. The lowest BCUT2D eigenvalue weighted by atomic mass is 10.1. The number of unbranched alkanes of at least 4 members (excludes halogenated alkanes) is 1. The largest absolute Gasteiger partial charge is 0.366 e. The molecule has 0 atom stereocenters. The minimum absolute atomic E-state index is 0.00984. The second-order valence-electron chi connectivity index (χ2n) is 5.79. The van der Waals surface area contributed by atoms with Crippen molar-refractivity contribution in [2.24, 2.45) is 0 Å². The molecule has 116 valence electrons. The summed E-state index contributed by atoms with van der Waals surface area (Å²) in [5.74, 6) is 1.34. The van der Waals surface area contributed by atoms with Crippen molar-refractivity contribution in [3.63, 3.8) is 0 Å². The van der Waals surface area contributed by atoms with Crippen LogP contribution in [-0.2, 0) is 4.79 Å². The molecule has 1 saturated carbocycles. The maximum atomic E-state index is 11.6. The highest BCUT2D eigenvalue weighted by Gasteiger charge is 2.12. The molecule has 0 radical (unpaired) electrons. The van der Waals surface area contributed by atoms with E-state index in [9.17, 15) is 4.79 Å². The molecule has 21 heavy (non-hydrogen) atoms. The minimum Gasteiger partial charge on any atom is -0.366 e. The molecule has 1 aliphatic carbocycles. The predicted molar refractivity (Wildman–Crippen MR) is 85.3 cm³/mol. The predicted octanol–water partition coefficient (Wildman–Crippen LogP) is 3.74. The van der Waals surface area contributed by atoms with Gasteiger partial charge in [-0.05, 0) is 31.4 Å². The smallest absolute Gasteiger partial charge is 0.225 e. The van der Waals surface area contributed by atoms with Gasteiger partial charge in [0.15, 0.2) is 5.82 Å². The fraction of sp³-hybridized carbons (Fsp3) is 0.688. The van der Waals surface area contributed by atoms with E-state index >= 15 is 0 Å². The van der Waals surface area contributed by atoms with Crippen LogP contribution in [0.5, 0.6) is 0 Å². The van der Waals surface area contributed by atoms with Crippen LogP contribution in [0.3, 0.4) is 0 Å². The third kappa shape index (κ3) is 5.69. The summed E-state index contributed by atoms with van der Waals surface area (Å²) in [5, 5.41) is 14.5. The molecule has 0 bridgehead atoms. The second-order valence-corrected chi connectivity index (χ2v) is 5.79. The number of anilines is 2. The minimum atomic E-state index is 0.00984. The monoisotopic (exact) mass is 290 g/mol. The van der Waals surface area contributed by atoms with Crippen LogP contribution >= 0.6 is 0 Å². The van der Waals surface area contributed by atoms with Gasteiger partial charge in [-0.15, -0.1) is 10.2 Å². The third-order valence-electron chi connectivity index (χ3n) is 3.90. The van der Waals surface area contributed by atoms with Gasteiger partial charge < -0.3 is 10.6 Å². The average Bonchev–Trinajstić information content (AvgIpc) is 2.76. The summed E-state index contributed by atoms with van der Waals surface area (Å²) >= 11 is 0. The molecule has 1 heterocycles. The van der Waals surface area contributed by atoms with E-state index < -0.39 is 0 Å². The first-order valence-electron chi connectivity index (χ1n) is 8.18. The van der Waals surface area contributed by atoms with Gasteiger partial charge in [0, 0.05) is 12.5 Å². The fourth-order valence-electron chi connectivity index (χ4n) is 2.65. The molecule has 1 amide bonds. The van der Waals surface area contributed by atoms with Crippen molar-refractivity contribution in [1.82, 2.24) is 10.2 Å². The zero-order valence-corrected chi connectivity index (χ0v) is 12.9. The van der Waals surface area contributed by atoms with Gasteiger partial charge in [0.2, 0.25) is 5.91 Å². The van der Waals surface area contributed by atoms with Crippen molar-refractivity contribution >= 4 is 17.5 Å². The van der Waals surface area contributed by atoms with Crippen molar-refractivity contribution < 1.29 is 4.79 Å². The first-order valence-corrected chi connectivity index (χ1v) is 8.18. The number of amides is 1. The van der Waals surface area contributed by atoms with Crippen molar-refractivity contribution in [2.75, 3.05) is 10.6 Å². The van der Waals surface area contributed by atoms with Gasteiger partial charge >= 0.3 is 0 Å². The molecule has 1 aromatic heterocycles. The maximum absolute atomic E-state index is 11.6. The van der Waals surface area contributed by atoms with E-state index in [1.165, 1.54) is 38.5 Å². The summed E-state index contributed by atoms with van der Waals surface area (Å²) in [4.78, 5) is 11.6. The van der Waals surface area contributed by atoms with Crippen LogP contribution in [0.1, 0.15) is 64.7 Å². The topological polar surface area (TPSA) is 66.9 Å². The van der Waals surface area contributed by atoms with E-state index in [1.807, 2.05) is 12.1 Å². The van der Waals surface area contributed by atoms with Crippen LogP contribution in [0.2, 0.25) is 0 Å². The highest BCUT2D eigenvalue weighted by atomic mass is 16.1. The van der Waals surface area contributed by atoms with Crippen LogP contribution in [0.15, 0.2) is 12.1 Å². The van der Waals surface area contributed by atoms with E-state index in [0.717, 1.165) is 18.7 Å². The van der Waals surface area contributed by atoms with Crippen LogP contribution in [-0.4, -0.2) is 22.1 Å². The number of rotatable bonds is 6. The Morgan fingerprint density at radius 1 is 1.14 bits per heavy atom. The Labute approximate surface area is 126 Å². The lowest BCUT2D eigenvalue weighted by molar-refractivity contribution is -0.116. The molecule has 0 aliphatic heterocycles. The number of hydrogen-bond acceptors (Lipinski definition) is 4. The molecule has 5 heteroatoms. The molecule has 5 nitrogen and oxygen atoms in total. The summed E-state index contributed by atoms with van der Waals surface area (Å²) in [6, 6.07) is 4.22. The van der Waals surface area contributed by atoms with Gasteiger partial charge in [-0.1, -0.05) is 39.0 Å². The fourth-order valence-corrected chi connectivity index (χ4v) is 2.65. The van der Waals surface area contributed by atoms with Crippen LogP contribution < -0.4 is 10.6 Å². The van der Waals surface area contributed by atoms with Gasteiger partial charge in [0.1, 0.15) is 5.82 Å². The van der Waals surface area contributed by atoms with Crippen molar-refractivity contribution in [3.8, 4) is 0 Å². The van der Waals surface area contributed by atoms with Gasteiger partial charge in [-0.25, -0.2) is 0 Å². The average molecular weight is 290 g/mol. The third-order valence-corrected chi connectivity index (χ3v) is 3.90. The standard InChI is InChI=1S/C16H26N4O/c1-2-3-10-16(21)18-15-12-11-14(19-20-15)17-13-8-6-4-5-7-9-13/h11-13H,2-10H2,1H3,(H,17,19)(H,18,20,21). The number of carbonyl (C=O) groups excluding carboxylic acids is 1. The van der Waals surface area contributed by atoms with Crippen LogP contribution in [0.25, 0.3) is 0 Å². The zero-order chi connectivity index (χ0) is 14.9. The van der Waals surface area contributed by atoms with Gasteiger partial charge in [-0.2, -0.15) is 0 Å². The molecule has 1 aromatic rings. The summed E-state index contributed by atoms with van der Waals surface area (Å²) in [7, 11) is 0. The zero-order valence-electron chi connectivity index (χ0n) is 12.9. The molecule has 1 aliphatic rings. The van der Waals surface area contributed by atoms with E-state index in [-0.39, 0.29) is 5.91 Å². The van der Waals surface area contributed by atoms with Crippen LogP contribution in [0.4, 0.5) is 11.6 Å². The lowest BCUT2D eigenvalue weighted by Gasteiger charge is -2.16. The number of carbonyl (C=O) groups is 1. The lowest BCUT2D eigenvalue weighted by Crippen LogP contribution is -2.19. The molecular weight excluding hydrogens is 264 g/mol. The molecule has 2 rings (SSSR count). The number of nitrogens with one attached hydrogen (secondary N) is 2. The molecule has 0 aromatic carbocycles. The summed E-state index contributed by atoms with van der Waals surface area (Å²) < 4.78 is 0. The molecule has 0 spiro atoms. The Bertz CT molecular complexity index is 424. The molecule has 0 unspecified atom stereocenters. The van der Waals surface area contributed by atoms with E-state index in [4.69, 9.17) is 0 Å². The summed E-state index contributed by atoms with van der Waals surface area (Å²) in [6.45, 7) is 2.07. The summed E-state index contributed by atoms with van der Waals surface area (Å²) in [6.07, 6.45) is 10.1. The SMILES string of the molecule is CCCCC(=O)Nc1ccc(NC2CCCCCC2)nn1. The first kappa shape index (κ1) is 15.7. The number of aromatic nitrogens is 2. The Morgan fingerprint density at radius 3 is 2.43 bits per heavy atom. The maximum Gasteiger partial charge on any atom is 0.225 e. The number of hydrogen-bond donors (Lipinski definition) is 2. The van der Waals surface area contributed by atoms with Crippen molar-refractivity contribution in [1.29, 1.82) is 0 Å². The normalized spacial score (nSPS) is 16.2. The molecular formula is C16H26N4O. The van der Waals surface area contributed by atoms with E-state index in [1.54, 1.807) is 0 Å². The van der Waals surface area contributed by atoms with Gasteiger partial charge in [0.25, 0.3) is 0 Å². The highest BCUT2D eigenvalue weighted by molar-refractivity contribution is 5.89. The Hall–Kier alpha value is -1.65. The van der Waals surface area contributed by atoms with E-state index in [2.05, 4.69) is 27.8 Å². The quantitative estimate of drug-likeness (QED) is 0.783. The van der Waals surface area contributed by atoms with Crippen molar-refractivity contribution in [3.05, 3.63) is 12.1 Å². The van der Waals surface area contributed by atoms with Gasteiger partial charge in [0.05, 0.1) is 0 Å². The summed E-state index contributed by atoms with van der Waals surface area (Å²) in [5.41, 5.74) is 0. The molecule has 0 saturated heterocycles. The second kappa shape index (κ2) is 8.60. The first-order chi connectivity index (χ1) is 10.3. The Morgan fingerprint density at radius 2 is 1.81 bits per heavy atom. The van der Waals surface area contributed by atoms with E-state index in [0.29, 0.717) is 18.3 Å². The Balaban J connectivity index is 1.82. The van der Waals surface area contributed by atoms with Gasteiger partial charge in [-0.3, -0.25) is 4.79 Å². The Kier molecular flexibility index (Phi) is 6.44. The molecule has 1 fully saturated rings.